The average Bonchev–Trinajstić information content (AvgIpc) is 2.94. The molecule has 4 atom stereocenters. The maximum atomic E-state index is 12.3. The minimum atomic E-state index is -1.38. The Hall–Kier alpha value is -3.76. The summed E-state index contributed by atoms with van der Waals surface area (Å²) >= 11 is 0. The molecule has 43 heavy (non-hydrogen) atoms. The van der Waals surface area contributed by atoms with Crippen LogP contribution in [0.1, 0.15) is 64.5 Å². The molecule has 0 aliphatic carbocycles. The number of unbranched alkanes of at least 4 members (excludes halogenated alkanes) is 2. The van der Waals surface area contributed by atoms with Crippen LogP contribution in [-0.2, 0) is 22.4 Å². The van der Waals surface area contributed by atoms with E-state index in [-0.39, 0.29) is 17.8 Å². The Morgan fingerprint density at radius 2 is 1.42 bits per heavy atom. The van der Waals surface area contributed by atoms with E-state index in [0.29, 0.717) is 25.8 Å². The Kier molecular flexibility index (Phi) is 14.9. The van der Waals surface area contributed by atoms with Crippen LogP contribution in [0.15, 0.2) is 60.7 Å². The van der Waals surface area contributed by atoms with E-state index in [0.717, 1.165) is 36.7 Å². The number of imide groups is 1. The zero-order valence-electron chi connectivity index (χ0n) is 25.7. The molecular weight excluding hydrogens is 548 g/mol. The lowest BCUT2D eigenvalue weighted by molar-refractivity contribution is -0.123. The van der Waals surface area contributed by atoms with Crippen LogP contribution in [0, 0.1) is 17.8 Å². The van der Waals surface area contributed by atoms with Gasteiger partial charge >= 0.3 is 12.2 Å². The molecule has 2 aromatic rings. The molecule has 0 aliphatic heterocycles. The van der Waals surface area contributed by atoms with Gasteiger partial charge in [0.2, 0.25) is 5.91 Å². The quantitative estimate of drug-likeness (QED) is 0.0765. The van der Waals surface area contributed by atoms with Crippen molar-refractivity contribution in [1.82, 2.24) is 21.3 Å². The molecule has 236 valence electrons. The SMILES string of the molecule is CC(C)C(NCCCCC[C@@H](Cc1ccccc1)C(Cc1ccccc1)(NC(=O)O)N[C@H](C=O)C(C)C)C(=O)NC(=O)O. The van der Waals surface area contributed by atoms with Crippen molar-refractivity contribution in [3.8, 4) is 0 Å². The number of aldehydes is 1. The van der Waals surface area contributed by atoms with Gasteiger partial charge in [0.25, 0.3) is 0 Å². The molecule has 0 bridgehead atoms. The minimum absolute atomic E-state index is 0.0566. The summed E-state index contributed by atoms with van der Waals surface area (Å²) in [7, 11) is 0. The van der Waals surface area contributed by atoms with Gasteiger partial charge in [-0.05, 0) is 54.7 Å². The van der Waals surface area contributed by atoms with Crippen LogP contribution in [-0.4, -0.2) is 58.9 Å². The van der Waals surface area contributed by atoms with Gasteiger partial charge in [-0.2, -0.15) is 0 Å². The second-order valence-electron chi connectivity index (χ2n) is 11.8. The Morgan fingerprint density at radius 3 is 1.93 bits per heavy atom. The van der Waals surface area contributed by atoms with E-state index in [9.17, 15) is 24.3 Å². The van der Waals surface area contributed by atoms with Gasteiger partial charge in [0, 0.05) is 6.42 Å². The van der Waals surface area contributed by atoms with Gasteiger partial charge in [0.15, 0.2) is 0 Å². The van der Waals surface area contributed by atoms with Crippen molar-refractivity contribution < 1.29 is 29.4 Å². The molecule has 0 aliphatic rings. The van der Waals surface area contributed by atoms with Crippen molar-refractivity contribution >= 4 is 24.4 Å². The summed E-state index contributed by atoms with van der Waals surface area (Å²) in [5.41, 5.74) is 0.880. The zero-order chi connectivity index (χ0) is 31.8. The first-order valence-electron chi connectivity index (χ1n) is 15.1. The summed E-state index contributed by atoms with van der Waals surface area (Å²) in [6.07, 6.45) is 2.25. The highest BCUT2D eigenvalue weighted by Crippen LogP contribution is 2.30. The molecule has 0 radical (unpaired) electrons. The van der Waals surface area contributed by atoms with E-state index in [1.54, 1.807) is 0 Å². The third kappa shape index (κ3) is 12.2. The third-order valence-corrected chi connectivity index (χ3v) is 7.74. The van der Waals surface area contributed by atoms with Crippen molar-refractivity contribution in [2.24, 2.45) is 17.8 Å². The fraction of sp³-hybridized carbons (Fsp3) is 0.515. The highest BCUT2D eigenvalue weighted by molar-refractivity contribution is 5.94. The van der Waals surface area contributed by atoms with Gasteiger partial charge in [0.1, 0.15) is 11.9 Å². The Labute approximate surface area is 255 Å². The van der Waals surface area contributed by atoms with Crippen LogP contribution in [0.2, 0.25) is 0 Å². The molecular formula is C33H48N4O6. The van der Waals surface area contributed by atoms with Crippen molar-refractivity contribution in [3.05, 3.63) is 71.8 Å². The molecule has 10 nitrogen and oxygen atoms in total. The molecule has 2 unspecified atom stereocenters. The maximum Gasteiger partial charge on any atom is 0.411 e. The Morgan fingerprint density at radius 1 is 0.814 bits per heavy atom. The number of amides is 3. The highest BCUT2D eigenvalue weighted by atomic mass is 16.4. The fourth-order valence-electron chi connectivity index (χ4n) is 5.45. The van der Waals surface area contributed by atoms with Crippen LogP contribution >= 0.6 is 0 Å². The summed E-state index contributed by atoms with van der Waals surface area (Å²) in [6, 6.07) is 18.4. The predicted molar refractivity (Wildman–Crippen MR) is 167 cm³/mol. The molecule has 0 fully saturated rings. The van der Waals surface area contributed by atoms with Gasteiger partial charge in [-0.25, -0.2) is 9.59 Å². The number of hydrogen-bond donors (Lipinski definition) is 6. The predicted octanol–water partition coefficient (Wildman–Crippen LogP) is 4.83. The zero-order valence-corrected chi connectivity index (χ0v) is 25.7. The summed E-state index contributed by atoms with van der Waals surface area (Å²) in [6.45, 7) is 8.10. The lowest BCUT2D eigenvalue weighted by atomic mass is 9.78. The summed E-state index contributed by atoms with van der Waals surface area (Å²) in [4.78, 5) is 47.7. The van der Waals surface area contributed by atoms with Gasteiger partial charge in [-0.3, -0.25) is 15.4 Å². The van der Waals surface area contributed by atoms with Crippen molar-refractivity contribution in [2.45, 2.75) is 84.0 Å². The third-order valence-electron chi connectivity index (χ3n) is 7.74. The van der Waals surface area contributed by atoms with E-state index in [4.69, 9.17) is 5.11 Å². The number of hydrogen-bond acceptors (Lipinski definition) is 6. The van der Waals surface area contributed by atoms with Crippen LogP contribution in [0.4, 0.5) is 9.59 Å². The Bertz CT molecular complexity index is 1140. The molecule has 3 amide bonds. The lowest BCUT2D eigenvalue weighted by Crippen LogP contribution is -2.68. The van der Waals surface area contributed by atoms with E-state index in [2.05, 4.69) is 16.0 Å². The van der Waals surface area contributed by atoms with E-state index >= 15 is 0 Å². The standard InChI is InChI=1S/C33H48N4O6/c1-23(2)28(22-38)36-33(37-32(42)43,21-26-16-10-6-11-17-26)27(20-25-14-8-5-9-15-25)18-12-7-13-19-34-29(24(3)4)30(39)35-31(40)41/h5-6,8-11,14-17,22-24,27-29,34,36-37H,7,12-13,18-21H2,1-4H3,(H,35,39)(H,40,41)(H,42,43)/t27-,28+,29?,33?/m0/s1. The molecule has 6 N–H and O–H groups in total. The smallest absolute Gasteiger partial charge is 0.411 e. The van der Waals surface area contributed by atoms with Crippen molar-refractivity contribution in [3.63, 3.8) is 0 Å². The van der Waals surface area contributed by atoms with Gasteiger partial charge in [-0.15, -0.1) is 0 Å². The van der Waals surface area contributed by atoms with Gasteiger partial charge in [-0.1, -0.05) is 101 Å². The number of carbonyl (C=O) groups is 4. The first kappa shape index (κ1) is 35.4. The number of nitrogens with one attached hydrogen (secondary N) is 4. The maximum absolute atomic E-state index is 12.3. The van der Waals surface area contributed by atoms with Crippen molar-refractivity contribution in [1.29, 1.82) is 0 Å². The van der Waals surface area contributed by atoms with Crippen LogP contribution in [0.3, 0.4) is 0 Å². The molecule has 0 saturated heterocycles. The normalized spacial score (nSPS) is 14.8. The fourth-order valence-corrected chi connectivity index (χ4v) is 5.45. The van der Waals surface area contributed by atoms with Gasteiger partial charge in [0.05, 0.1) is 12.1 Å². The number of benzene rings is 2. The molecule has 0 spiro atoms. The molecule has 2 rings (SSSR count). The molecule has 2 aromatic carbocycles. The summed E-state index contributed by atoms with van der Waals surface area (Å²) in [5, 5.41) is 30.4. The summed E-state index contributed by atoms with van der Waals surface area (Å²) in [5.74, 6) is -0.922. The molecule has 0 heterocycles. The number of rotatable bonds is 19. The van der Waals surface area contributed by atoms with Gasteiger partial charge < -0.3 is 25.6 Å². The topological polar surface area (TPSA) is 157 Å². The molecule has 0 aromatic heterocycles. The molecule has 0 saturated carbocycles. The van der Waals surface area contributed by atoms with Crippen molar-refractivity contribution in [2.75, 3.05) is 6.54 Å². The van der Waals surface area contributed by atoms with Crippen LogP contribution < -0.4 is 21.3 Å². The first-order valence-corrected chi connectivity index (χ1v) is 15.1. The monoisotopic (exact) mass is 596 g/mol. The average molecular weight is 597 g/mol. The van der Waals surface area contributed by atoms with Crippen LogP contribution in [0.5, 0.6) is 0 Å². The number of carbonyl (C=O) groups excluding carboxylic acids is 2. The second kappa shape index (κ2) is 18.0. The summed E-state index contributed by atoms with van der Waals surface area (Å²) < 4.78 is 0. The Balaban J connectivity index is 2.30. The first-order chi connectivity index (χ1) is 20.5. The van der Waals surface area contributed by atoms with Crippen LogP contribution in [0.25, 0.3) is 0 Å². The number of carboxylic acid groups (broad SMARTS) is 2. The second-order valence-corrected chi connectivity index (χ2v) is 11.8. The minimum Gasteiger partial charge on any atom is -0.465 e. The lowest BCUT2D eigenvalue weighted by Gasteiger charge is -2.44. The highest BCUT2D eigenvalue weighted by Gasteiger charge is 2.42. The van der Waals surface area contributed by atoms with E-state index in [1.165, 1.54) is 0 Å². The molecule has 10 heteroatoms. The largest absolute Gasteiger partial charge is 0.465 e. The van der Waals surface area contributed by atoms with E-state index < -0.39 is 35.8 Å². The van der Waals surface area contributed by atoms with E-state index in [1.807, 2.05) is 93.7 Å².